The Morgan fingerprint density at radius 1 is 1.63 bits per heavy atom. The molecule has 4 atom stereocenters. The van der Waals surface area contributed by atoms with Crippen molar-refractivity contribution in [1.82, 2.24) is 9.55 Å². The quantitative estimate of drug-likeness (QED) is 0.523. The molecule has 1 saturated heterocycles. The predicted molar refractivity (Wildman–Crippen MR) is 63.3 cm³/mol. The van der Waals surface area contributed by atoms with E-state index in [0.29, 0.717) is 11.5 Å². The average molecular weight is 271 g/mol. The van der Waals surface area contributed by atoms with Crippen molar-refractivity contribution in [2.75, 3.05) is 18.6 Å². The van der Waals surface area contributed by atoms with E-state index in [1.807, 2.05) is 0 Å². The van der Waals surface area contributed by atoms with Gasteiger partial charge in [-0.2, -0.15) is 0 Å². The molecule has 0 amide bonds. The normalized spacial score (nSPS) is 33.7. The van der Waals surface area contributed by atoms with Gasteiger partial charge in [0.25, 0.3) is 0 Å². The van der Waals surface area contributed by atoms with Crippen LogP contribution in [-0.2, 0) is 4.74 Å². The zero-order chi connectivity index (χ0) is 13.6. The molecule has 0 spiro atoms. The van der Waals surface area contributed by atoms with Crippen LogP contribution in [0.5, 0.6) is 0 Å². The second-order valence-corrected chi connectivity index (χ2v) is 4.41. The lowest BCUT2D eigenvalue weighted by Crippen LogP contribution is -2.30. The third kappa shape index (κ3) is 1.78. The molecule has 1 aromatic heterocycles. The van der Waals surface area contributed by atoms with Gasteiger partial charge in [-0.05, 0) is 0 Å². The van der Waals surface area contributed by atoms with E-state index in [0.717, 1.165) is 0 Å². The molecule has 0 bridgehead atoms. The van der Waals surface area contributed by atoms with Crippen LogP contribution < -0.4 is 11.1 Å². The standard InChI is InChI=1S/C10H14FN5O3/c11-5-7(18)4(1-17)19-10(5)16-3-15-6-8(12)13-2-14-9(6)16/h3-5,7,10,14,17-18H,1-2H2,(H2,12,13)/t4-,5-,7-,10-/m1/s1. The number of aliphatic imine (C=N–C) groups is 1. The zero-order valence-electron chi connectivity index (χ0n) is 9.90. The van der Waals surface area contributed by atoms with Crippen molar-refractivity contribution >= 4 is 11.7 Å². The number of halogens is 1. The van der Waals surface area contributed by atoms with Gasteiger partial charge in [-0.3, -0.25) is 4.57 Å². The minimum absolute atomic E-state index is 0.264. The maximum Gasteiger partial charge on any atom is 0.173 e. The molecule has 0 aliphatic carbocycles. The van der Waals surface area contributed by atoms with Crippen LogP contribution in [0.15, 0.2) is 11.3 Å². The molecule has 0 aromatic carbocycles. The van der Waals surface area contributed by atoms with Gasteiger partial charge in [0.1, 0.15) is 36.2 Å². The lowest BCUT2D eigenvalue weighted by Gasteiger charge is -2.20. The number of nitrogens with one attached hydrogen (secondary N) is 1. The topological polar surface area (TPSA) is 118 Å². The van der Waals surface area contributed by atoms with Gasteiger partial charge in [-0.25, -0.2) is 14.4 Å². The number of hydrogen-bond donors (Lipinski definition) is 4. The SMILES string of the molecule is NC1=NCNc2c1ncn2[C@@H]1O[C@H](CO)[C@@H](O)[C@H]1F. The fourth-order valence-corrected chi connectivity index (χ4v) is 2.27. The lowest BCUT2D eigenvalue weighted by atomic mass is 10.1. The fourth-order valence-electron chi connectivity index (χ4n) is 2.27. The van der Waals surface area contributed by atoms with Crippen molar-refractivity contribution in [3.8, 4) is 0 Å². The summed E-state index contributed by atoms with van der Waals surface area (Å²) in [5.74, 6) is 0.756. The second-order valence-electron chi connectivity index (χ2n) is 4.41. The minimum Gasteiger partial charge on any atom is -0.394 e. The van der Waals surface area contributed by atoms with Crippen molar-refractivity contribution in [3.05, 3.63) is 12.0 Å². The van der Waals surface area contributed by atoms with E-state index in [1.165, 1.54) is 10.9 Å². The fraction of sp³-hybridized carbons (Fsp3) is 0.600. The molecule has 1 aromatic rings. The summed E-state index contributed by atoms with van der Waals surface area (Å²) in [6, 6.07) is 0. The van der Waals surface area contributed by atoms with Crippen molar-refractivity contribution in [2.24, 2.45) is 10.7 Å². The Morgan fingerprint density at radius 2 is 2.42 bits per heavy atom. The average Bonchev–Trinajstić information content (AvgIpc) is 2.94. The summed E-state index contributed by atoms with van der Waals surface area (Å²) in [6.45, 7) is -0.188. The number of fused-ring (bicyclic) bond motifs is 1. The molecule has 2 aliphatic rings. The van der Waals surface area contributed by atoms with Crippen LogP contribution in [0.3, 0.4) is 0 Å². The van der Waals surface area contributed by atoms with E-state index in [9.17, 15) is 9.50 Å². The summed E-state index contributed by atoms with van der Waals surface area (Å²) in [4.78, 5) is 8.01. The summed E-state index contributed by atoms with van der Waals surface area (Å²) in [5, 5.41) is 21.6. The van der Waals surface area contributed by atoms with Crippen molar-refractivity contribution in [1.29, 1.82) is 0 Å². The van der Waals surface area contributed by atoms with Crippen LogP contribution in [0, 0.1) is 0 Å². The van der Waals surface area contributed by atoms with Crippen molar-refractivity contribution in [3.63, 3.8) is 0 Å². The zero-order valence-corrected chi connectivity index (χ0v) is 9.90. The Kier molecular flexibility index (Phi) is 2.88. The number of imidazole rings is 1. The summed E-state index contributed by atoms with van der Waals surface area (Å²) < 4.78 is 20.8. The minimum atomic E-state index is -1.66. The first-order chi connectivity index (χ1) is 9.13. The van der Waals surface area contributed by atoms with E-state index in [2.05, 4.69) is 15.3 Å². The van der Waals surface area contributed by atoms with Gasteiger partial charge >= 0.3 is 0 Å². The van der Waals surface area contributed by atoms with Gasteiger partial charge < -0.3 is 26.0 Å². The summed E-state index contributed by atoms with van der Waals surface area (Å²) in [5.41, 5.74) is 6.10. The highest BCUT2D eigenvalue weighted by atomic mass is 19.1. The number of rotatable bonds is 2. The molecule has 104 valence electrons. The van der Waals surface area contributed by atoms with E-state index in [1.54, 1.807) is 0 Å². The number of aliphatic hydroxyl groups excluding tert-OH is 2. The highest BCUT2D eigenvalue weighted by Gasteiger charge is 2.45. The third-order valence-corrected chi connectivity index (χ3v) is 3.28. The number of anilines is 1. The Hall–Kier alpha value is -1.71. The monoisotopic (exact) mass is 271 g/mol. The molecule has 2 aliphatic heterocycles. The molecule has 8 nitrogen and oxygen atoms in total. The highest BCUT2D eigenvalue weighted by Crippen LogP contribution is 2.35. The van der Waals surface area contributed by atoms with Crippen molar-refractivity contribution in [2.45, 2.75) is 24.6 Å². The summed E-state index contributed by atoms with van der Waals surface area (Å²) in [6.07, 6.45) is -3.66. The number of amidine groups is 1. The lowest BCUT2D eigenvalue weighted by molar-refractivity contribution is -0.0465. The number of nitrogens with zero attached hydrogens (tertiary/aromatic N) is 3. The molecule has 0 saturated carbocycles. The second kappa shape index (κ2) is 4.44. The molecule has 19 heavy (non-hydrogen) atoms. The van der Waals surface area contributed by atoms with E-state index in [-0.39, 0.29) is 12.5 Å². The summed E-state index contributed by atoms with van der Waals surface area (Å²) >= 11 is 0. The van der Waals surface area contributed by atoms with Crippen LogP contribution in [-0.4, -0.2) is 57.3 Å². The molecule has 0 unspecified atom stereocenters. The number of ether oxygens (including phenoxy) is 1. The van der Waals surface area contributed by atoms with E-state index < -0.39 is 31.2 Å². The summed E-state index contributed by atoms with van der Waals surface area (Å²) in [7, 11) is 0. The maximum absolute atomic E-state index is 14.0. The van der Waals surface area contributed by atoms with E-state index in [4.69, 9.17) is 15.6 Å². The van der Waals surface area contributed by atoms with Gasteiger partial charge in [0.15, 0.2) is 12.4 Å². The third-order valence-electron chi connectivity index (χ3n) is 3.28. The number of aromatic nitrogens is 2. The van der Waals surface area contributed by atoms with Gasteiger partial charge in [0.2, 0.25) is 0 Å². The molecule has 3 rings (SSSR count). The van der Waals surface area contributed by atoms with Crippen LogP contribution in [0.25, 0.3) is 0 Å². The highest BCUT2D eigenvalue weighted by molar-refractivity contribution is 6.01. The van der Waals surface area contributed by atoms with Crippen LogP contribution in [0.2, 0.25) is 0 Å². The Balaban J connectivity index is 1.94. The first kappa shape index (κ1) is 12.3. The van der Waals surface area contributed by atoms with Crippen LogP contribution in [0.1, 0.15) is 11.9 Å². The molecule has 3 heterocycles. The van der Waals surface area contributed by atoms with Gasteiger partial charge in [0.05, 0.1) is 12.9 Å². The maximum atomic E-state index is 14.0. The Bertz CT molecular complexity index is 519. The number of aliphatic hydroxyl groups is 2. The molecule has 0 radical (unpaired) electrons. The molecular weight excluding hydrogens is 257 g/mol. The van der Waals surface area contributed by atoms with Gasteiger partial charge in [-0.1, -0.05) is 0 Å². The Labute approximate surface area is 107 Å². The van der Waals surface area contributed by atoms with Crippen LogP contribution in [0.4, 0.5) is 10.2 Å². The first-order valence-corrected chi connectivity index (χ1v) is 5.83. The predicted octanol–water partition coefficient (Wildman–Crippen LogP) is -1.44. The molecule has 1 fully saturated rings. The van der Waals surface area contributed by atoms with Gasteiger partial charge in [0, 0.05) is 0 Å². The number of nitrogens with two attached hydrogens (primary N) is 1. The smallest absolute Gasteiger partial charge is 0.173 e. The first-order valence-electron chi connectivity index (χ1n) is 5.83. The van der Waals surface area contributed by atoms with Crippen LogP contribution >= 0.6 is 0 Å². The Morgan fingerprint density at radius 3 is 3.11 bits per heavy atom. The number of alkyl halides is 1. The van der Waals surface area contributed by atoms with E-state index >= 15 is 0 Å². The molecule has 5 N–H and O–H groups in total. The molecular formula is C10H14FN5O3. The van der Waals surface area contributed by atoms with Gasteiger partial charge in [-0.15, -0.1) is 0 Å². The molecule has 9 heteroatoms. The largest absolute Gasteiger partial charge is 0.394 e. The van der Waals surface area contributed by atoms with Crippen molar-refractivity contribution < 1.29 is 19.3 Å². The number of hydrogen-bond acceptors (Lipinski definition) is 7.